The van der Waals surface area contributed by atoms with Gasteiger partial charge >= 0.3 is 11.9 Å². The van der Waals surface area contributed by atoms with E-state index in [1.54, 1.807) is 0 Å². The second-order valence-electron chi connectivity index (χ2n) is 10.4. The molecule has 0 spiro atoms. The fourth-order valence-corrected chi connectivity index (χ4v) is 7.41. The lowest BCUT2D eigenvalue weighted by Gasteiger charge is -2.49. The van der Waals surface area contributed by atoms with Crippen molar-refractivity contribution in [1.29, 1.82) is 0 Å². The number of nitrogens with zero attached hydrogens (tertiary/aromatic N) is 5. The number of thiazole rings is 1. The molecule has 2 aliphatic heterocycles. The highest BCUT2D eigenvalue weighted by atomic mass is 35.5. The number of pyridine rings is 1. The second kappa shape index (κ2) is 13.5. The number of nitrogen functional groups attached to an aromatic ring is 2. The zero-order chi connectivity index (χ0) is 33.3. The Balaban J connectivity index is 1.38. The number of nitrogens with two attached hydrogens (primary N) is 2. The molecule has 5 rings (SSSR count). The maximum atomic E-state index is 13.4. The summed E-state index contributed by atoms with van der Waals surface area (Å²) in [5.41, 5.74) is 13.5. The number of anilines is 2. The molecule has 3 aromatic heterocycles. The zero-order valence-electron chi connectivity index (χ0n) is 24.6. The summed E-state index contributed by atoms with van der Waals surface area (Å²) in [5, 5.41) is 28.0. The second-order valence-corrected chi connectivity index (χ2v) is 13.1. The molecule has 8 N–H and O–H groups in total. The average molecular weight is 693 g/mol. The first-order valence-electron chi connectivity index (χ1n) is 13.9. The maximum absolute atomic E-state index is 13.4. The van der Waals surface area contributed by atoms with Gasteiger partial charge in [-0.05, 0) is 33.0 Å². The Hall–Kier alpha value is -4.39. The molecule has 244 valence electrons. The van der Waals surface area contributed by atoms with Crippen LogP contribution in [0.2, 0.25) is 4.34 Å². The Morgan fingerprint density at radius 2 is 2.09 bits per heavy atom. The number of carbonyl (C=O) groups is 4. The number of carboxylic acid groups (broad SMARTS) is 2. The number of aryl methyl sites for hydroxylation is 1. The van der Waals surface area contributed by atoms with E-state index >= 15 is 0 Å². The Morgan fingerprint density at radius 1 is 1.33 bits per heavy atom. The number of hydrogen-bond donors (Lipinski definition) is 6. The van der Waals surface area contributed by atoms with E-state index in [1.165, 1.54) is 18.7 Å². The van der Waals surface area contributed by atoms with Crippen molar-refractivity contribution in [3.63, 3.8) is 0 Å². The van der Waals surface area contributed by atoms with Gasteiger partial charge in [0.05, 0.1) is 6.07 Å². The third kappa shape index (κ3) is 6.33. The summed E-state index contributed by atoms with van der Waals surface area (Å²) in [6.45, 7) is 2.92. The molecule has 3 aromatic rings. The smallest absolute Gasteiger partial charge is 0.352 e. The Morgan fingerprint density at radius 3 is 2.74 bits per heavy atom. The van der Waals surface area contributed by atoms with Gasteiger partial charge in [0.15, 0.2) is 23.6 Å². The highest BCUT2D eigenvalue weighted by molar-refractivity contribution is 8.00. The number of oxime groups is 1. The van der Waals surface area contributed by atoms with Crippen LogP contribution in [0.4, 0.5) is 10.9 Å². The number of amides is 2. The molecule has 5 heterocycles. The lowest BCUT2D eigenvalue weighted by atomic mass is 10.0. The van der Waals surface area contributed by atoms with Crippen LogP contribution in [0.25, 0.3) is 11.0 Å². The van der Waals surface area contributed by atoms with E-state index in [0.29, 0.717) is 17.9 Å². The number of thioether (sulfide) groups is 1. The van der Waals surface area contributed by atoms with Crippen LogP contribution in [0.3, 0.4) is 0 Å². The van der Waals surface area contributed by atoms with Crippen molar-refractivity contribution in [3.05, 3.63) is 45.7 Å². The molecule has 1 fully saturated rings. The number of rotatable bonds is 13. The van der Waals surface area contributed by atoms with Crippen LogP contribution in [0.5, 0.6) is 0 Å². The fraction of sp³-hybridized carbons (Fsp3) is 0.370. The molecular formula is C27H31ClN9O7S2+. The van der Waals surface area contributed by atoms with Gasteiger partial charge in [0.25, 0.3) is 11.8 Å². The van der Waals surface area contributed by atoms with E-state index in [4.69, 9.17) is 33.0 Å². The van der Waals surface area contributed by atoms with Gasteiger partial charge in [0, 0.05) is 23.9 Å². The summed E-state index contributed by atoms with van der Waals surface area (Å²) in [5.74, 6) is -3.35. The molecule has 1 saturated heterocycles. The van der Waals surface area contributed by atoms with Gasteiger partial charge in [0.1, 0.15) is 38.5 Å². The van der Waals surface area contributed by atoms with Gasteiger partial charge in [-0.25, -0.2) is 14.6 Å². The molecule has 46 heavy (non-hydrogen) atoms. The normalized spacial score (nSPS) is 18.7. The highest BCUT2D eigenvalue weighted by Crippen LogP contribution is 2.40. The summed E-state index contributed by atoms with van der Waals surface area (Å²) < 4.78 is 3.90. The number of β-lactam (4-membered cyclic amide) rings is 1. The largest absolute Gasteiger partial charge is 0.478 e. The van der Waals surface area contributed by atoms with Crippen molar-refractivity contribution < 1.29 is 38.8 Å². The minimum Gasteiger partial charge on any atom is -0.478 e. The predicted molar refractivity (Wildman–Crippen MR) is 171 cm³/mol. The first-order chi connectivity index (χ1) is 21.9. The molecule has 0 unspecified atom stereocenters. The van der Waals surface area contributed by atoms with Gasteiger partial charge < -0.3 is 41.7 Å². The number of halogens is 1. The molecule has 3 atom stereocenters. The molecule has 0 saturated carbocycles. The molecule has 16 nitrogen and oxygen atoms in total. The Bertz CT molecular complexity index is 1790. The zero-order valence-corrected chi connectivity index (χ0v) is 27.0. The van der Waals surface area contributed by atoms with E-state index in [-0.39, 0.29) is 33.2 Å². The van der Waals surface area contributed by atoms with Crippen molar-refractivity contribution in [3.8, 4) is 0 Å². The topological polar surface area (TPSA) is 231 Å². The lowest BCUT2D eigenvalue weighted by Crippen LogP contribution is -2.71. The predicted octanol–water partition coefficient (Wildman–Crippen LogP) is 0.445. The first kappa shape index (κ1) is 33.0. The van der Waals surface area contributed by atoms with Crippen LogP contribution in [-0.4, -0.2) is 91.0 Å². The number of aliphatic carboxylic acids is 2. The van der Waals surface area contributed by atoms with Crippen molar-refractivity contribution in [1.82, 2.24) is 25.1 Å². The molecule has 0 aromatic carbocycles. The van der Waals surface area contributed by atoms with Crippen LogP contribution in [-0.2, 0) is 37.1 Å². The first-order valence-corrected chi connectivity index (χ1v) is 16.2. The van der Waals surface area contributed by atoms with Crippen molar-refractivity contribution in [2.75, 3.05) is 30.8 Å². The average Bonchev–Trinajstić information content (AvgIpc) is 3.52. The van der Waals surface area contributed by atoms with Gasteiger partial charge in [-0.3, -0.25) is 14.5 Å². The number of nitrogens with one attached hydrogen (secondary N) is 2. The van der Waals surface area contributed by atoms with E-state index < -0.39 is 47.0 Å². The van der Waals surface area contributed by atoms with Crippen LogP contribution < -0.4 is 26.7 Å². The molecular weight excluding hydrogens is 662 g/mol. The maximum Gasteiger partial charge on any atom is 0.352 e. The molecule has 19 heteroatoms. The van der Waals surface area contributed by atoms with Crippen LogP contribution in [0.15, 0.2) is 40.8 Å². The molecule has 2 amide bonds. The Labute approximate surface area is 275 Å². The van der Waals surface area contributed by atoms with Gasteiger partial charge in [-0.2, -0.15) is 4.57 Å². The summed E-state index contributed by atoms with van der Waals surface area (Å²) in [6.07, 6.45) is 1.28. The third-order valence-corrected chi connectivity index (χ3v) is 9.80. The van der Waals surface area contributed by atoms with Gasteiger partial charge in [0.2, 0.25) is 11.6 Å². The third-order valence-electron chi connectivity index (χ3n) is 7.38. The van der Waals surface area contributed by atoms with Crippen molar-refractivity contribution in [2.24, 2.45) is 5.16 Å². The van der Waals surface area contributed by atoms with E-state index in [1.807, 2.05) is 40.6 Å². The van der Waals surface area contributed by atoms with Gasteiger partial charge in [-0.1, -0.05) is 28.1 Å². The number of aromatic nitrogens is 3. The van der Waals surface area contributed by atoms with E-state index in [9.17, 15) is 24.3 Å². The molecule has 0 radical (unpaired) electrons. The van der Waals surface area contributed by atoms with E-state index in [0.717, 1.165) is 40.2 Å². The standard InChI is InChI=1S/C27H30ClN9O7S2/c1-12(25(40)41)44-34-18(17-21(28)46-27(30)33-17)22(38)32-19-23(39)37-20(26(42)43)13(11-45-24(19)37)10-35-7-3-5-14-15(35)9-16(29)36(14)8-4-6-31-2/h3,5,7,9,12,19,24,29,31H,4,6,8,10-11H2,1-2H3,(H5,30,32,33,38,40,41,42,43)/p+1/b34-18-/t12-,19+,24+/m0/s1. The number of carbonyl (C=O) groups excluding carboxylic acids is 2. The SMILES string of the molecule is CNCCCn1c(N)cc2c1ccc[n+]2CC1=C(C(=O)O)N2C(=O)[C@@H](NC(=O)/C(=N\O[C@@H](C)C(=O)O)c3nc(N)sc3Cl)[C@H]2SC1. The van der Waals surface area contributed by atoms with Crippen LogP contribution in [0, 0.1) is 0 Å². The monoisotopic (exact) mass is 692 g/mol. The van der Waals surface area contributed by atoms with Crippen LogP contribution >= 0.6 is 34.7 Å². The summed E-state index contributed by atoms with van der Waals surface area (Å²) in [6, 6.07) is 4.53. The van der Waals surface area contributed by atoms with Crippen LogP contribution in [0.1, 0.15) is 19.0 Å². The van der Waals surface area contributed by atoms with Crippen molar-refractivity contribution >= 4 is 86.1 Å². The number of hydrogen-bond acceptors (Lipinski definition) is 12. The van der Waals surface area contributed by atoms with Crippen molar-refractivity contribution in [2.45, 2.75) is 44.0 Å². The van der Waals surface area contributed by atoms with E-state index in [2.05, 4.69) is 20.8 Å². The minimum absolute atomic E-state index is 0.00472. The summed E-state index contributed by atoms with van der Waals surface area (Å²) in [4.78, 5) is 60.5. The quantitative estimate of drug-likeness (QED) is 0.0471. The summed E-state index contributed by atoms with van der Waals surface area (Å²) in [7, 11) is 1.88. The van der Waals surface area contributed by atoms with Gasteiger partial charge in [-0.15, -0.1) is 11.8 Å². The highest BCUT2D eigenvalue weighted by Gasteiger charge is 2.55. The number of fused-ring (bicyclic) bond motifs is 2. The lowest BCUT2D eigenvalue weighted by molar-refractivity contribution is -0.663. The Kier molecular flexibility index (Phi) is 9.71. The molecule has 0 bridgehead atoms. The summed E-state index contributed by atoms with van der Waals surface area (Å²) >= 11 is 8.33. The number of carboxylic acids is 2. The molecule has 0 aliphatic carbocycles. The minimum atomic E-state index is -1.41. The fourth-order valence-electron chi connectivity index (χ4n) is 5.15. The molecule has 2 aliphatic rings.